The second-order valence-corrected chi connectivity index (χ2v) is 4.38. The molecular formula is C8H16N2O4. The molecule has 2 N–H and O–H groups in total. The lowest BCUT2D eigenvalue weighted by molar-refractivity contribution is -0.546. The molecule has 0 heterocycles. The molecule has 0 aliphatic heterocycles. The first-order chi connectivity index (χ1) is 6.07. The number of carbonyl (C=O) groups excluding carboxylic acids is 1. The van der Waals surface area contributed by atoms with E-state index < -0.39 is 22.0 Å². The zero-order valence-electron chi connectivity index (χ0n) is 8.86. The summed E-state index contributed by atoms with van der Waals surface area (Å²) >= 11 is 0. The smallest absolute Gasteiger partial charge is 0.384 e. The van der Waals surface area contributed by atoms with Gasteiger partial charge in [0, 0.05) is 24.3 Å². The van der Waals surface area contributed by atoms with Crippen LogP contribution in [0.25, 0.3) is 0 Å². The Kier molecular flexibility index (Phi) is 3.59. The van der Waals surface area contributed by atoms with E-state index in [0.29, 0.717) is 0 Å². The Morgan fingerprint density at radius 1 is 1.43 bits per heavy atom. The average molecular weight is 204 g/mol. The highest BCUT2D eigenvalue weighted by atomic mass is 16.6. The molecule has 6 nitrogen and oxygen atoms in total. The highest BCUT2D eigenvalue weighted by molar-refractivity contribution is 5.78. The van der Waals surface area contributed by atoms with Crippen LogP contribution in [-0.4, -0.2) is 28.6 Å². The van der Waals surface area contributed by atoms with Crippen LogP contribution in [0.15, 0.2) is 0 Å². The van der Waals surface area contributed by atoms with Gasteiger partial charge < -0.3 is 10.5 Å². The van der Waals surface area contributed by atoms with Crippen molar-refractivity contribution in [2.24, 2.45) is 5.73 Å². The second-order valence-electron chi connectivity index (χ2n) is 4.38. The van der Waals surface area contributed by atoms with Gasteiger partial charge in [0.2, 0.25) is 0 Å². The maximum Gasteiger partial charge on any atom is 0.384 e. The molecule has 0 bridgehead atoms. The summed E-state index contributed by atoms with van der Waals surface area (Å²) in [7, 11) is 0. The van der Waals surface area contributed by atoms with Crippen molar-refractivity contribution >= 4 is 5.97 Å². The van der Waals surface area contributed by atoms with E-state index >= 15 is 0 Å². The maximum absolute atomic E-state index is 11.2. The molecule has 82 valence electrons. The van der Waals surface area contributed by atoms with E-state index in [0.717, 1.165) is 0 Å². The van der Waals surface area contributed by atoms with Gasteiger partial charge in [-0.05, 0) is 13.8 Å². The zero-order valence-corrected chi connectivity index (χ0v) is 8.86. The summed E-state index contributed by atoms with van der Waals surface area (Å²) < 4.78 is 4.73. The molecule has 0 aromatic heterocycles. The van der Waals surface area contributed by atoms with Gasteiger partial charge >= 0.3 is 11.5 Å². The molecule has 0 aliphatic rings. The number of hydrogen-bond donors (Lipinski definition) is 1. The fourth-order valence-electron chi connectivity index (χ4n) is 0.503. The van der Waals surface area contributed by atoms with E-state index in [1.807, 2.05) is 0 Å². The van der Waals surface area contributed by atoms with Crippen LogP contribution in [0, 0.1) is 10.1 Å². The summed E-state index contributed by atoms with van der Waals surface area (Å²) in [6.45, 7) is 5.68. The normalized spacial score (nSPS) is 12.4. The number of ether oxygens (including phenoxy) is 1. The highest BCUT2D eigenvalue weighted by Gasteiger charge is 2.42. The van der Waals surface area contributed by atoms with Crippen molar-refractivity contribution in [3.05, 3.63) is 10.1 Å². The van der Waals surface area contributed by atoms with Crippen molar-refractivity contribution in [3.63, 3.8) is 0 Å². The molecule has 0 amide bonds. The minimum Gasteiger partial charge on any atom is -0.458 e. The molecule has 0 aromatic carbocycles. The Labute approximate surface area is 82.6 Å². The zero-order chi connectivity index (χ0) is 11.6. The summed E-state index contributed by atoms with van der Waals surface area (Å²) in [6, 6.07) is 0. The molecule has 0 unspecified atom stereocenters. The van der Waals surface area contributed by atoms with Crippen LogP contribution in [0.2, 0.25) is 0 Å². The predicted molar refractivity (Wildman–Crippen MR) is 50.3 cm³/mol. The van der Waals surface area contributed by atoms with Crippen LogP contribution >= 0.6 is 0 Å². The molecule has 6 heteroatoms. The van der Waals surface area contributed by atoms with E-state index in [9.17, 15) is 14.9 Å². The third kappa shape index (κ3) is 3.69. The van der Waals surface area contributed by atoms with Crippen LogP contribution in [0.4, 0.5) is 0 Å². The lowest BCUT2D eigenvalue weighted by Gasteiger charge is -2.20. The number of nitrogens with two attached hydrogens (primary N) is 1. The second kappa shape index (κ2) is 3.91. The third-order valence-electron chi connectivity index (χ3n) is 1.53. The monoisotopic (exact) mass is 204 g/mol. The average Bonchev–Trinajstić information content (AvgIpc) is 1.98. The number of nitro groups is 1. The number of carbonyl (C=O) groups is 1. The van der Waals surface area contributed by atoms with Gasteiger partial charge in [-0.3, -0.25) is 10.1 Å². The molecule has 0 aromatic rings. The first-order valence-electron chi connectivity index (χ1n) is 4.18. The Balaban J connectivity index is 4.30. The Morgan fingerprint density at radius 3 is 2.14 bits per heavy atom. The van der Waals surface area contributed by atoms with Crippen LogP contribution in [0.5, 0.6) is 0 Å². The highest BCUT2D eigenvalue weighted by Crippen LogP contribution is 2.11. The van der Waals surface area contributed by atoms with Gasteiger partial charge in [-0.15, -0.1) is 0 Å². The van der Waals surface area contributed by atoms with E-state index in [1.54, 1.807) is 13.8 Å². The van der Waals surface area contributed by atoms with Gasteiger partial charge in [-0.25, -0.2) is 4.79 Å². The first kappa shape index (κ1) is 12.8. The van der Waals surface area contributed by atoms with Gasteiger partial charge in [-0.2, -0.15) is 0 Å². The molecule has 0 saturated heterocycles. The fraction of sp³-hybridized carbons (Fsp3) is 0.875. The summed E-state index contributed by atoms with van der Waals surface area (Å²) in [5.74, 6) is -0.874. The lowest BCUT2D eigenvalue weighted by atomic mass is 10.1. The molecular weight excluding hydrogens is 188 g/mol. The molecule has 0 atom stereocenters. The minimum atomic E-state index is -1.72. The Bertz CT molecular complexity index is 242. The van der Waals surface area contributed by atoms with Gasteiger partial charge in [0.15, 0.2) is 0 Å². The van der Waals surface area contributed by atoms with Crippen molar-refractivity contribution in [1.82, 2.24) is 0 Å². The quantitative estimate of drug-likeness (QED) is 0.404. The topological polar surface area (TPSA) is 95.5 Å². The largest absolute Gasteiger partial charge is 0.458 e. The van der Waals surface area contributed by atoms with Gasteiger partial charge in [0.1, 0.15) is 6.61 Å². The van der Waals surface area contributed by atoms with E-state index in [1.165, 1.54) is 13.8 Å². The third-order valence-corrected chi connectivity index (χ3v) is 1.53. The van der Waals surface area contributed by atoms with Crippen LogP contribution in [-0.2, 0) is 9.53 Å². The summed E-state index contributed by atoms with van der Waals surface area (Å²) in [6.07, 6.45) is 0. The minimum absolute atomic E-state index is 0.0386. The molecule has 0 radical (unpaired) electrons. The predicted octanol–water partition coefficient (Wildman–Crippen LogP) is 0.322. The van der Waals surface area contributed by atoms with Crippen molar-refractivity contribution in [1.29, 1.82) is 0 Å². The van der Waals surface area contributed by atoms with Gasteiger partial charge in [0.25, 0.3) is 0 Å². The Hall–Kier alpha value is -1.17. The van der Waals surface area contributed by atoms with Crippen molar-refractivity contribution in [2.45, 2.75) is 38.8 Å². The standard InChI is InChI=1S/C8H16N2O4/c1-7(2,9)5-14-6(11)8(3,4)10(12)13/h5,9H2,1-4H3. The SMILES string of the molecule is CC(C)(N)COC(=O)C(C)(C)[N+](=O)[O-]. The summed E-state index contributed by atoms with van der Waals surface area (Å²) in [5, 5.41) is 10.5. The fourth-order valence-corrected chi connectivity index (χ4v) is 0.503. The van der Waals surface area contributed by atoms with Crippen LogP contribution < -0.4 is 5.73 Å². The van der Waals surface area contributed by atoms with E-state index in [4.69, 9.17) is 10.5 Å². The number of esters is 1. The Morgan fingerprint density at radius 2 is 1.86 bits per heavy atom. The molecule has 0 fully saturated rings. The van der Waals surface area contributed by atoms with Gasteiger partial charge in [0.05, 0.1) is 0 Å². The molecule has 0 spiro atoms. The maximum atomic E-state index is 11.2. The molecule has 0 rings (SSSR count). The lowest BCUT2D eigenvalue weighted by Crippen LogP contribution is -2.45. The van der Waals surface area contributed by atoms with Crippen molar-refractivity contribution in [2.75, 3.05) is 6.61 Å². The summed E-state index contributed by atoms with van der Waals surface area (Å²) in [5.41, 5.74) is 3.16. The van der Waals surface area contributed by atoms with Crippen LogP contribution in [0.1, 0.15) is 27.7 Å². The number of hydrogen-bond acceptors (Lipinski definition) is 5. The first-order valence-corrected chi connectivity index (χ1v) is 4.18. The van der Waals surface area contributed by atoms with Crippen molar-refractivity contribution < 1.29 is 14.5 Å². The summed E-state index contributed by atoms with van der Waals surface area (Å²) in [4.78, 5) is 21.0. The van der Waals surface area contributed by atoms with E-state index in [-0.39, 0.29) is 6.61 Å². The number of nitrogens with zero attached hydrogens (tertiary/aromatic N) is 1. The molecule has 0 aliphatic carbocycles. The van der Waals surface area contributed by atoms with Gasteiger partial charge in [-0.1, -0.05) is 0 Å². The van der Waals surface area contributed by atoms with E-state index in [2.05, 4.69) is 0 Å². The molecule has 0 saturated carbocycles. The van der Waals surface area contributed by atoms with Crippen LogP contribution in [0.3, 0.4) is 0 Å². The van der Waals surface area contributed by atoms with Crippen molar-refractivity contribution in [3.8, 4) is 0 Å². The number of rotatable bonds is 4. The molecule has 14 heavy (non-hydrogen) atoms.